The summed E-state index contributed by atoms with van der Waals surface area (Å²) in [6.45, 7) is 1.70. The van der Waals surface area contributed by atoms with Crippen LogP contribution in [0.4, 0.5) is 14.5 Å². The van der Waals surface area contributed by atoms with Gasteiger partial charge in [0, 0.05) is 29.4 Å². The van der Waals surface area contributed by atoms with Gasteiger partial charge in [-0.05, 0) is 37.3 Å². The summed E-state index contributed by atoms with van der Waals surface area (Å²) in [5, 5.41) is 0.859. The number of nitrogens with one attached hydrogen (secondary N) is 3. The van der Waals surface area contributed by atoms with Crippen molar-refractivity contribution in [3.8, 4) is 17.2 Å². The van der Waals surface area contributed by atoms with Gasteiger partial charge in [-0.25, -0.2) is 22.0 Å². The number of ether oxygens (including phenoxy) is 2. The van der Waals surface area contributed by atoms with Crippen LogP contribution >= 0.6 is 0 Å². The van der Waals surface area contributed by atoms with E-state index < -0.39 is 33.2 Å². The SMILES string of the molecule is Cc1[nH]cc2cc(C(=O)Oc3cc(NS(C)(=O)=O)ccc3Oc3ccc(F)cc3F)[nH]c(=O)c12. The van der Waals surface area contributed by atoms with E-state index >= 15 is 0 Å². The van der Waals surface area contributed by atoms with Crippen molar-refractivity contribution < 1.29 is 31.5 Å². The number of carbonyl (C=O) groups is 1. The summed E-state index contributed by atoms with van der Waals surface area (Å²) < 4.78 is 63.5. The van der Waals surface area contributed by atoms with E-state index in [-0.39, 0.29) is 28.6 Å². The van der Waals surface area contributed by atoms with Crippen LogP contribution in [0.1, 0.15) is 16.2 Å². The van der Waals surface area contributed by atoms with Crippen LogP contribution < -0.4 is 19.8 Å². The largest absolute Gasteiger partial charge is 0.450 e. The van der Waals surface area contributed by atoms with Gasteiger partial charge < -0.3 is 19.4 Å². The Labute approximate surface area is 191 Å². The molecule has 0 fully saturated rings. The summed E-state index contributed by atoms with van der Waals surface area (Å²) in [5.41, 5.74) is -0.0485. The Bertz CT molecular complexity index is 1590. The first-order chi connectivity index (χ1) is 16.0. The van der Waals surface area contributed by atoms with Crippen molar-refractivity contribution in [2.45, 2.75) is 6.92 Å². The summed E-state index contributed by atoms with van der Waals surface area (Å²) >= 11 is 0. The van der Waals surface area contributed by atoms with Crippen molar-refractivity contribution >= 4 is 32.5 Å². The molecule has 2 heterocycles. The standard InChI is InChI=1S/C22H17F2N3O6S/c1-11-20-12(10-25-11)7-16(26-21(20)28)22(29)33-19-9-14(27-34(2,30)31)4-6-18(19)32-17-5-3-13(23)8-15(17)24/h3-10,25,27H,1-2H3,(H,26,28). The van der Waals surface area contributed by atoms with Crippen molar-refractivity contribution in [3.05, 3.63) is 82.0 Å². The quantitative estimate of drug-likeness (QED) is 0.279. The van der Waals surface area contributed by atoms with Crippen LogP contribution in [0.2, 0.25) is 0 Å². The molecule has 4 rings (SSSR count). The lowest BCUT2D eigenvalue weighted by atomic mass is 10.2. The van der Waals surface area contributed by atoms with Gasteiger partial charge in [-0.3, -0.25) is 9.52 Å². The number of carbonyl (C=O) groups excluding carboxylic acids is 1. The maximum atomic E-state index is 14.1. The first kappa shape index (κ1) is 23.0. The Morgan fingerprint density at radius 2 is 1.76 bits per heavy atom. The molecule has 0 unspecified atom stereocenters. The number of pyridine rings is 1. The molecule has 34 heavy (non-hydrogen) atoms. The molecule has 4 aromatic rings. The lowest BCUT2D eigenvalue weighted by Crippen LogP contribution is -2.17. The third kappa shape index (κ3) is 4.91. The van der Waals surface area contributed by atoms with Crippen LogP contribution in [0.25, 0.3) is 10.8 Å². The van der Waals surface area contributed by atoms with Gasteiger partial charge in [0.05, 0.1) is 17.3 Å². The van der Waals surface area contributed by atoms with E-state index in [0.717, 1.165) is 24.5 Å². The van der Waals surface area contributed by atoms with Crippen molar-refractivity contribution in [1.82, 2.24) is 9.97 Å². The minimum absolute atomic E-state index is 0.0300. The molecule has 0 bridgehead atoms. The number of aromatic nitrogens is 2. The molecule has 0 saturated carbocycles. The maximum absolute atomic E-state index is 14.1. The number of aromatic amines is 2. The first-order valence-electron chi connectivity index (χ1n) is 9.68. The predicted octanol–water partition coefficient (Wildman–Crippen LogP) is 3.83. The van der Waals surface area contributed by atoms with Gasteiger partial charge >= 0.3 is 5.97 Å². The molecule has 2 aromatic heterocycles. The van der Waals surface area contributed by atoms with E-state index in [0.29, 0.717) is 22.5 Å². The Balaban J connectivity index is 1.72. The molecule has 0 aliphatic carbocycles. The number of anilines is 1. The molecule has 0 spiro atoms. The van der Waals surface area contributed by atoms with Gasteiger partial charge in [-0.1, -0.05) is 0 Å². The monoisotopic (exact) mass is 489 g/mol. The van der Waals surface area contributed by atoms with Crippen LogP contribution in [0, 0.1) is 18.6 Å². The average Bonchev–Trinajstić information content (AvgIpc) is 3.11. The third-order valence-corrected chi connectivity index (χ3v) is 5.27. The molecule has 12 heteroatoms. The number of sulfonamides is 1. The van der Waals surface area contributed by atoms with Gasteiger partial charge in [-0.2, -0.15) is 0 Å². The number of rotatable bonds is 6. The summed E-state index contributed by atoms with van der Waals surface area (Å²) in [6.07, 6.45) is 2.48. The zero-order valence-corrected chi connectivity index (χ0v) is 18.5. The molecule has 2 aromatic carbocycles. The Hall–Kier alpha value is -4.19. The fourth-order valence-corrected chi connectivity index (χ4v) is 3.78. The van der Waals surface area contributed by atoms with Gasteiger partial charge in [0.1, 0.15) is 11.5 Å². The van der Waals surface area contributed by atoms with Gasteiger partial charge in [0.25, 0.3) is 5.56 Å². The van der Waals surface area contributed by atoms with Crippen molar-refractivity contribution in [1.29, 1.82) is 0 Å². The number of halogens is 2. The highest BCUT2D eigenvalue weighted by Crippen LogP contribution is 2.36. The van der Waals surface area contributed by atoms with Crippen LogP contribution in [0.5, 0.6) is 17.2 Å². The number of fused-ring (bicyclic) bond motifs is 1. The van der Waals surface area contributed by atoms with Crippen molar-refractivity contribution in [2.24, 2.45) is 0 Å². The number of esters is 1. The van der Waals surface area contributed by atoms with E-state index in [1.165, 1.54) is 18.2 Å². The molecule has 0 saturated heterocycles. The van der Waals surface area contributed by atoms with Crippen LogP contribution in [0.15, 0.2) is 53.5 Å². The zero-order chi connectivity index (χ0) is 24.6. The van der Waals surface area contributed by atoms with Gasteiger partial charge in [0.2, 0.25) is 10.0 Å². The number of H-pyrrole nitrogens is 2. The molecule has 3 N–H and O–H groups in total. The highest BCUT2D eigenvalue weighted by molar-refractivity contribution is 7.92. The summed E-state index contributed by atoms with van der Waals surface area (Å²) in [6, 6.07) is 7.71. The zero-order valence-electron chi connectivity index (χ0n) is 17.7. The highest BCUT2D eigenvalue weighted by Gasteiger charge is 2.19. The maximum Gasteiger partial charge on any atom is 0.360 e. The minimum Gasteiger partial charge on any atom is -0.450 e. The lowest BCUT2D eigenvalue weighted by Gasteiger charge is -2.14. The molecule has 0 atom stereocenters. The second kappa shape index (κ2) is 8.63. The molecular weight excluding hydrogens is 472 g/mol. The number of benzene rings is 2. The van der Waals surface area contributed by atoms with Crippen molar-refractivity contribution in [3.63, 3.8) is 0 Å². The highest BCUT2D eigenvalue weighted by atomic mass is 32.2. The molecule has 0 aliphatic rings. The number of aryl methyl sites for hydroxylation is 1. The molecule has 176 valence electrons. The van der Waals surface area contributed by atoms with Crippen LogP contribution in [0.3, 0.4) is 0 Å². The first-order valence-corrected chi connectivity index (χ1v) is 11.6. The van der Waals surface area contributed by atoms with Crippen LogP contribution in [-0.2, 0) is 10.0 Å². The third-order valence-electron chi connectivity index (χ3n) is 4.67. The molecule has 0 radical (unpaired) electrons. The number of hydrogen-bond donors (Lipinski definition) is 3. The van der Waals surface area contributed by atoms with E-state index in [2.05, 4.69) is 14.7 Å². The fraction of sp³-hybridized carbons (Fsp3) is 0.0909. The predicted molar refractivity (Wildman–Crippen MR) is 120 cm³/mol. The topological polar surface area (TPSA) is 130 Å². The second-order valence-corrected chi connectivity index (χ2v) is 9.11. The lowest BCUT2D eigenvalue weighted by molar-refractivity contribution is 0.0724. The van der Waals surface area contributed by atoms with Crippen LogP contribution in [-0.4, -0.2) is 30.6 Å². The molecule has 0 amide bonds. The molecule has 9 nitrogen and oxygen atoms in total. The summed E-state index contributed by atoms with van der Waals surface area (Å²) in [4.78, 5) is 30.5. The molecular formula is C22H17F2N3O6S. The normalized spacial score (nSPS) is 11.4. The van der Waals surface area contributed by atoms with Gasteiger partial charge in [0.15, 0.2) is 23.1 Å². The van der Waals surface area contributed by atoms with E-state index in [9.17, 15) is 26.8 Å². The Kier molecular flexibility index (Phi) is 5.83. The van der Waals surface area contributed by atoms with E-state index in [4.69, 9.17) is 9.47 Å². The van der Waals surface area contributed by atoms with Crippen molar-refractivity contribution in [2.75, 3.05) is 11.0 Å². The number of hydrogen-bond acceptors (Lipinski definition) is 6. The van der Waals surface area contributed by atoms with Gasteiger partial charge in [-0.15, -0.1) is 0 Å². The fourth-order valence-electron chi connectivity index (χ4n) is 3.23. The van der Waals surface area contributed by atoms with E-state index in [1.54, 1.807) is 13.1 Å². The minimum atomic E-state index is -3.67. The second-order valence-electron chi connectivity index (χ2n) is 7.36. The smallest absolute Gasteiger partial charge is 0.360 e. The summed E-state index contributed by atoms with van der Waals surface area (Å²) in [5.74, 6) is -3.62. The summed E-state index contributed by atoms with van der Waals surface area (Å²) in [7, 11) is -3.67. The van der Waals surface area contributed by atoms with E-state index in [1.807, 2.05) is 0 Å². The Morgan fingerprint density at radius 1 is 1.03 bits per heavy atom. The molecule has 0 aliphatic heterocycles. The average molecular weight is 489 g/mol. The Morgan fingerprint density at radius 3 is 2.47 bits per heavy atom.